The molecule has 2 N–H and O–H groups in total. The predicted molar refractivity (Wildman–Crippen MR) is 92.0 cm³/mol. The van der Waals surface area contributed by atoms with Crippen molar-refractivity contribution in [2.24, 2.45) is 0 Å². The van der Waals surface area contributed by atoms with E-state index in [2.05, 4.69) is 43.7 Å². The lowest BCUT2D eigenvalue weighted by molar-refractivity contribution is 0.647. The number of anilines is 3. The molecule has 21 heavy (non-hydrogen) atoms. The van der Waals surface area contributed by atoms with E-state index in [-0.39, 0.29) is 0 Å². The number of benzene rings is 1. The number of nitrogens with two attached hydrogens (primary N) is 1. The minimum absolute atomic E-state index is 0.848. The van der Waals surface area contributed by atoms with Gasteiger partial charge in [0.25, 0.3) is 0 Å². The molecule has 0 atom stereocenters. The van der Waals surface area contributed by atoms with Gasteiger partial charge < -0.3 is 15.5 Å². The maximum atomic E-state index is 6.07. The van der Waals surface area contributed by atoms with Gasteiger partial charge in [-0.05, 0) is 46.6 Å². The van der Waals surface area contributed by atoms with Crippen molar-refractivity contribution in [2.75, 3.05) is 41.7 Å². The van der Waals surface area contributed by atoms with Gasteiger partial charge in [-0.15, -0.1) is 0 Å². The van der Waals surface area contributed by atoms with Crippen LogP contribution in [0.15, 0.2) is 41.0 Å². The number of aromatic nitrogens is 1. The summed E-state index contributed by atoms with van der Waals surface area (Å²) in [7, 11) is 0. The highest BCUT2D eigenvalue weighted by Gasteiger charge is 2.21. The number of para-hydroxylation sites is 2. The third-order valence-electron chi connectivity index (χ3n) is 3.92. The summed E-state index contributed by atoms with van der Waals surface area (Å²) in [6.07, 6.45) is 1.87. The molecule has 0 amide bonds. The Hall–Kier alpha value is -1.75. The highest BCUT2D eigenvalue weighted by molar-refractivity contribution is 9.10. The van der Waals surface area contributed by atoms with Gasteiger partial charge in [0.1, 0.15) is 5.82 Å². The van der Waals surface area contributed by atoms with Gasteiger partial charge in [0.2, 0.25) is 0 Å². The summed E-state index contributed by atoms with van der Waals surface area (Å²) in [6, 6.07) is 10.1. The van der Waals surface area contributed by atoms with Crippen LogP contribution in [0.5, 0.6) is 0 Å². The summed E-state index contributed by atoms with van der Waals surface area (Å²) in [5.41, 5.74) is 9.26. The molecule has 3 rings (SSSR count). The fourth-order valence-corrected chi connectivity index (χ4v) is 3.17. The van der Waals surface area contributed by atoms with Crippen LogP contribution in [0.2, 0.25) is 0 Å². The van der Waals surface area contributed by atoms with Crippen LogP contribution in [0.1, 0.15) is 5.56 Å². The van der Waals surface area contributed by atoms with Gasteiger partial charge in [-0.2, -0.15) is 0 Å². The Morgan fingerprint density at radius 2 is 1.71 bits per heavy atom. The number of nitrogens with zero attached hydrogens (tertiary/aromatic N) is 3. The van der Waals surface area contributed by atoms with Crippen molar-refractivity contribution < 1.29 is 0 Å². The first-order chi connectivity index (χ1) is 10.2. The zero-order chi connectivity index (χ0) is 14.8. The quantitative estimate of drug-likeness (QED) is 0.849. The minimum atomic E-state index is 0.848. The summed E-state index contributed by atoms with van der Waals surface area (Å²) < 4.78 is 1.10. The zero-order valence-corrected chi connectivity index (χ0v) is 13.7. The van der Waals surface area contributed by atoms with Crippen LogP contribution in [0, 0.1) is 6.92 Å². The second-order valence-electron chi connectivity index (χ2n) is 5.30. The Morgan fingerprint density at radius 1 is 1.05 bits per heavy atom. The molecule has 1 aliphatic rings. The van der Waals surface area contributed by atoms with Gasteiger partial charge in [0, 0.05) is 32.4 Å². The Balaban J connectivity index is 1.74. The summed E-state index contributed by atoms with van der Waals surface area (Å²) in [5, 5.41) is 0. The molecule has 1 fully saturated rings. The Kier molecular flexibility index (Phi) is 4.01. The minimum Gasteiger partial charge on any atom is -0.397 e. The van der Waals surface area contributed by atoms with Crippen molar-refractivity contribution in [3.8, 4) is 0 Å². The van der Waals surface area contributed by atoms with Gasteiger partial charge in [-0.1, -0.05) is 12.1 Å². The summed E-state index contributed by atoms with van der Waals surface area (Å²) in [6.45, 7) is 5.90. The smallest absolute Gasteiger partial charge is 0.143 e. The molecule has 4 nitrogen and oxygen atoms in total. The van der Waals surface area contributed by atoms with Crippen LogP contribution in [0.4, 0.5) is 17.2 Å². The molecule has 2 aromatic rings. The number of rotatable bonds is 2. The molecule has 0 bridgehead atoms. The molecule has 110 valence electrons. The normalized spacial score (nSPS) is 15.3. The van der Waals surface area contributed by atoms with E-state index < -0.39 is 0 Å². The van der Waals surface area contributed by atoms with Gasteiger partial charge >= 0.3 is 0 Å². The highest BCUT2D eigenvalue weighted by Crippen LogP contribution is 2.29. The maximum absolute atomic E-state index is 6.07. The van der Waals surface area contributed by atoms with Crippen LogP contribution in [0.25, 0.3) is 0 Å². The summed E-state index contributed by atoms with van der Waals surface area (Å²) in [5.74, 6) is 1.04. The van der Waals surface area contributed by atoms with Crippen molar-refractivity contribution in [3.63, 3.8) is 0 Å². The second kappa shape index (κ2) is 5.93. The summed E-state index contributed by atoms with van der Waals surface area (Å²) >= 11 is 3.65. The Morgan fingerprint density at radius 3 is 2.43 bits per heavy atom. The molecular weight excluding hydrogens is 328 g/mol. The van der Waals surface area contributed by atoms with Gasteiger partial charge in [-0.25, -0.2) is 4.98 Å². The van der Waals surface area contributed by atoms with E-state index in [1.807, 2.05) is 30.5 Å². The van der Waals surface area contributed by atoms with E-state index in [9.17, 15) is 0 Å². The standard InChI is InChI=1S/C16H19BrN4/c1-12-6-7-19-16(15(12)17)21-10-8-20(9-11-21)14-5-3-2-4-13(14)18/h2-7H,8-11,18H2,1H3. The van der Waals surface area contributed by atoms with Gasteiger partial charge in [0.15, 0.2) is 0 Å². The first-order valence-corrected chi connectivity index (χ1v) is 7.91. The number of hydrogen-bond donors (Lipinski definition) is 1. The molecular formula is C16H19BrN4. The lowest BCUT2D eigenvalue weighted by Crippen LogP contribution is -2.47. The van der Waals surface area contributed by atoms with Crippen molar-refractivity contribution in [3.05, 3.63) is 46.6 Å². The van der Waals surface area contributed by atoms with Crippen LogP contribution in [-0.2, 0) is 0 Å². The molecule has 0 unspecified atom stereocenters. The van der Waals surface area contributed by atoms with E-state index >= 15 is 0 Å². The number of pyridine rings is 1. The second-order valence-corrected chi connectivity index (χ2v) is 6.09. The van der Waals surface area contributed by atoms with Crippen LogP contribution < -0.4 is 15.5 Å². The zero-order valence-electron chi connectivity index (χ0n) is 12.1. The van der Waals surface area contributed by atoms with Gasteiger partial charge in [0.05, 0.1) is 15.8 Å². The van der Waals surface area contributed by atoms with Crippen molar-refractivity contribution in [2.45, 2.75) is 6.92 Å². The third-order valence-corrected chi connectivity index (χ3v) is 4.90. The average molecular weight is 347 g/mol. The molecule has 0 spiro atoms. The number of nitrogen functional groups attached to an aromatic ring is 1. The van der Waals surface area contributed by atoms with E-state index in [0.29, 0.717) is 0 Å². The average Bonchev–Trinajstić information content (AvgIpc) is 2.51. The number of halogens is 1. The van der Waals surface area contributed by atoms with E-state index in [1.165, 1.54) is 5.56 Å². The summed E-state index contributed by atoms with van der Waals surface area (Å²) in [4.78, 5) is 9.18. The SMILES string of the molecule is Cc1ccnc(N2CCN(c3ccccc3N)CC2)c1Br. The predicted octanol–water partition coefficient (Wildman–Crippen LogP) is 3.06. The van der Waals surface area contributed by atoms with Crippen LogP contribution in [0.3, 0.4) is 0 Å². The van der Waals surface area contributed by atoms with Gasteiger partial charge in [-0.3, -0.25) is 0 Å². The number of aryl methyl sites for hydroxylation is 1. The molecule has 1 aliphatic heterocycles. The van der Waals surface area contributed by atoms with Crippen LogP contribution >= 0.6 is 15.9 Å². The first kappa shape index (κ1) is 14.2. The molecule has 0 saturated carbocycles. The largest absolute Gasteiger partial charge is 0.397 e. The van der Waals surface area contributed by atoms with E-state index in [4.69, 9.17) is 5.73 Å². The molecule has 1 saturated heterocycles. The molecule has 2 heterocycles. The van der Waals surface area contributed by atoms with E-state index in [1.54, 1.807) is 0 Å². The molecule has 1 aromatic heterocycles. The van der Waals surface area contributed by atoms with E-state index in [0.717, 1.165) is 47.8 Å². The lowest BCUT2D eigenvalue weighted by Gasteiger charge is -2.37. The fourth-order valence-electron chi connectivity index (χ4n) is 2.68. The topological polar surface area (TPSA) is 45.4 Å². The van der Waals surface area contributed by atoms with Crippen molar-refractivity contribution >= 4 is 33.1 Å². The molecule has 0 aliphatic carbocycles. The van der Waals surface area contributed by atoms with Crippen LogP contribution in [-0.4, -0.2) is 31.2 Å². The highest BCUT2D eigenvalue weighted by atomic mass is 79.9. The lowest BCUT2D eigenvalue weighted by atomic mass is 10.2. The monoisotopic (exact) mass is 346 g/mol. The number of piperazine rings is 1. The number of hydrogen-bond acceptors (Lipinski definition) is 4. The Labute approximate surface area is 133 Å². The molecule has 1 aromatic carbocycles. The first-order valence-electron chi connectivity index (χ1n) is 7.12. The van der Waals surface area contributed by atoms with Crippen molar-refractivity contribution in [1.29, 1.82) is 0 Å². The maximum Gasteiger partial charge on any atom is 0.143 e. The Bertz CT molecular complexity index is 636. The molecule has 0 radical (unpaired) electrons. The molecule has 5 heteroatoms. The third kappa shape index (κ3) is 2.83. The van der Waals surface area contributed by atoms with Crippen molar-refractivity contribution in [1.82, 2.24) is 4.98 Å². The fraction of sp³-hybridized carbons (Fsp3) is 0.312.